The summed E-state index contributed by atoms with van der Waals surface area (Å²) in [5, 5.41) is 11.9. The van der Waals surface area contributed by atoms with Crippen LogP contribution in [-0.2, 0) is 0 Å². The van der Waals surface area contributed by atoms with E-state index in [4.69, 9.17) is 0 Å². The van der Waals surface area contributed by atoms with Gasteiger partial charge in [0.15, 0.2) is 5.13 Å². The number of rotatable bonds is 5. The molecule has 0 spiro atoms. The van der Waals surface area contributed by atoms with Crippen LogP contribution in [0.1, 0.15) is 10.4 Å². The Morgan fingerprint density at radius 3 is 2.00 bits per heavy atom. The van der Waals surface area contributed by atoms with E-state index in [0.717, 1.165) is 22.4 Å². The number of carbonyl (C=O) groups is 1. The second-order valence-corrected chi connectivity index (χ2v) is 8.10. The van der Waals surface area contributed by atoms with Crippen molar-refractivity contribution >= 4 is 22.4 Å². The van der Waals surface area contributed by atoms with Crippen LogP contribution in [0.25, 0.3) is 33.6 Å². The van der Waals surface area contributed by atoms with Crippen molar-refractivity contribution in [1.29, 1.82) is 0 Å². The molecule has 0 aliphatic heterocycles. The molecule has 1 amide bonds. The zero-order valence-corrected chi connectivity index (χ0v) is 18.2. The number of aromatic nitrogens is 3. The third-order valence-corrected chi connectivity index (χ3v) is 5.87. The van der Waals surface area contributed by atoms with Crippen molar-refractivity contribution in [2.24, 2.45) is 0 Å². The molecule has 0 saturated heterocycles. The molecule has 0 aliphatic carbocycles. The van der Waals surface area contributed by atoms with Gasteiger partial charge in [-0.3, -0.25) is 14.9 Å². The maximum Gasteiger partial charge on any atom is 0.277 e. The highest BCUT2D eigenvalue weighted by molar-refractivity contribution is 7.14. The fraction of sp³-hybridized carbons (Fsp3) is 0. The van der Waals surface area contributed by atoms with Gasteiger partial charge in [-0.25, -0.2) is 10.1 Å². The summed E-state index contributed by atoms with van der Waals surface area (Å²) in [5.41, 5.74) is 3.66. The summed E-state index contributed by atoms with van der Waals surface area (Å²) in [6.45, 7) is 0. The lowest BCUT2D eigenvalue weighted by Crippen LogP contribution is -2.26. The predicted molar refractivity (Wildman–Crippen MR) is 131 cm³/mol. The number of hydrogen-bond acceptors (Lipinski definition) is 5. The van der Waals surface area contributed by atoms with E-state index in [9.17, 15) is 9.59 Å². The molecular weight excluding hydrogens is 432 g/mol. The molecule has 0 atom stereocenters. The predicted octanol–water partition coefficient (Wildman–Crippen LogP) is 5.48. The van der Waals surface area contributed by atoms with Crippen LogP contribution in [0.3, 0.4) is 0 Å². The van der Waals surface area contributed by atoms with E-state index in [2.05, 4.69) is 20.5 Å². The maximum atomic E-state index is 13.4. The van der Waals surface area contributed by atoms with Crippen LogP contribution >= 0.6 is 11.3 Å². The van der Waals surface area contributed by atoms with Gasteiger partial charge in [0, 0.05) is 22.1 Å². The lowest BCUT2D eigenvalue weighted by molar-refractivity contribution is 0.102. The van der Waals surface area contributed by atoms with Crippen LogP contribution in [0.2, 0.25) is 0 Å². The highest BCUT2D eigenvalue weighted by Crippen LogP contribution is 2.32. The van der Waals surface area contributed by atoms with Gasteiger partial charge in [0.05, 0.1) is 11.4 Å². The normalized spacial score (nSPS) is 10.7. The number of nitrogens with zero attached hydrogens (tertiary/aromatic N) is 2. The van der Waals surface area contributed by atoms with Crippen molar-refractivity contribution in [2.45, 2.75) is 0 Å². The van der Waals surface area contributed by atoms with Gasteiger partial charge in [0.1, 0.15) is 5.56 Å². The molecule has 0 radical (unpaired) electrons. The fourth-order valence-corrected chi connectivity index (χ4v) is 4.30. The van der Waals surface area contributed by atoms with Crippen molar-refractivity contribution in [3.63, 3.8) is 0 Å². The molecule has 0 bridgehead atoms. The molecule has 7 heteroatoms. The molecule has 2 heterocycles. The summed E-state index contributed by atoms with van der Waals surface area (Å²) in [6, 6.07) is 28.5. The molecule has 5 aromatic rings. The Morgan fingerprint density at radius 1 is 0.788 bits per heavy atom. The number of thiazole rings is 1. The van der Waals surface area contributed by atoms with E-state index < -0.39 is 11.5 Å². The largest absolute Gasteiger partial charge is 0.298 e. The van der Waals surface area contributed by atoms with Crippen LogP contribution in [0.15, 0.2) is 101 Å². The molecule has 160 valence electrons. The molecule has 0 unspecified atom stereocenters. The number of aromatic amines is 1. The molecule has 5 rings (SSSR count). The van der Waals surface area contributed by atoms with E-state index in [-0.39, 0.29) is 5.56 Å². The fourth-order valence-electron chi connectivity index (χ4n) is 3.59. The molecular formula is C26H18N4O2S. The first-order valence-electron chi connectivity index (χ1n) is 10.3. The number of amides is 1. The lowest BCUT2D eigenvalue weighted by atomic mass is 9.95. The maximum absolute atomic E-state index is 13.4. The Kier molecular flexibility index (Phi) is 5.61. The number of nitrogens with one attached hydrogen (secondary N) is 2. The SMILES string of the molecule is O=C(Nc1nc(-c2ccccc2)cs1)c1c(-c2ccccc2)c(-c2ccccc2)n[nH]c1=O. The molecule has 0 aliphatic rings. The Hall–Kier alpha value is -4.36. The molecule has 33 heavy (non-hydrogen) atoms. The van der Waals surface area contributed by atoms with Crippen molar-refractivity contribution < 1.29 is 4.79 Å². The summed E-state index contributed by atoms with van der Waals surface area (Å²) in [5.74, 6) is -0.538. The summed E-state index contributed by atoms with van der Waals surface area (Å²) in [6.07, 6.45) is 0. The Labute approximate surface area is 193 Å². The number of carbonyl (C=O) groups excluding carboxylic acids is 1. The smallest absolute Gasteiger partial charge is 0.277 e. The van der Waals surface area contributed by atoms with E-state index >= 15 is 0 Å². The van der Waals surface area contributed by atoms with Crippen LogP contribution in [0.4, 0.5) is 5.13 Å². The minimum atomic E-state index is -0.564. The Balaban J connectivity index is 1.59. The van der Waals surface area contributed by atoms with Gasteiger partial charge in [-0.15, -0.1) is 11.3 Å². The molecule has 6 nitrogen and oxygen atoms in total. The first-order chi connectivity index (χ1) is 16.2. The van der Waals surface area contributed by atoms with Gasteiger partial charge in [-0.05, 0) is 5.56 Å². The van der Waals surface area contributed by atoms with Crippen LogP contribution in [-0.4, -0.2) is 21.1 Å². The zero-order chi connectivity index (χ0) is 22.6. The quantitative estimate of drug-likeness (QED) is 0.371. The first kappa shape index (κ1) is 20.5. The highest BCUT2D eigenvalue weighted by Gasteiger charge is 2.23. The summed E-state index contributed by atoms with van der Waals surface area (Å²) >= 11 is 1.30. The third kappa shape index (κ3) is 4.22. The summed E-state index contributed by atoms with van der Waals surface area (Å²) in [4.78, 5) is 30.7. The van der Waals surface area contributed by atoms with Crippen molar-refractivity contribution in [1.82, 2.24) is 15.2 Å². The van der Waals surface area contributed by atoms with Gasteiger partial charge in [-0.2, -0.15) is 5.10 Å². The van der Waals surface area contributed by atoms with Gasteiger partial charge < -0.3 is 0 Å². The number of benzene rings is 3. The van der Waals surface area contributed by atoms with Crippen LogP contribution in [0, 0.1) is 0 Å². The van der Waals surface area contributed by atoms with E-state index in [0.29, 0.717) is 16.4 Å². The Morgan fingerprint density at radius 2 is 1.36 bits per heavy atom. The lowest BCUT2D eigenvalue weighted by Gasteiger charge is -2.13. The van der Waals surface area contributed by atoms with Gasteiger partial charge in [0.2, 0.25) is 0 Å². The second-order valence-electron chi connectivity index (χ2n) is 7.24. The summed E-state index contributed by atoms with van der Waals surface area (Å²) in [7, 11) is 0. The minimum absolute atomic E-state index is 0.00786. The third-order valence-electron chi connectivity index (χ3n) is 5.11. The number of anilines is 1. The zero-order valence-electron chi connectivity index (χ0n) is 17.4. The number of H-pyrrole nitrogens is 1. The standard InChI is InChI=1S/C26H18N4O2S/c31-24(28-26-27-20(16-33-26)17-10-4-1-5-11-17)22-21(18-12-6-2-7-13-18)23(29-30-25(22)32)19-14-8-3-9-15-19/h1-16H,(H,30,32)(H,27,28,31). The second kappa shape index (κ2) is 9.02. The van der Waals surface area contributed by atoms with E-state index in [1.54, 1.807) is 0 Å². The first-order valence-corrected chi connectivity index (χ1v) is 11.1. The highest BCUT2D eigenvalue weighted by atomic mass is 32.1. The van der Waals surface area contributed by atoms with Gasteiger partial charge in [0.25, 0.3) is 11.5 Å². The van der Waals surface area contributed by atoms with Gasteiger partial charge in [-0.1, -0.05) is 91.0 Å². The van der Waals surface area contributed by atoms with Crippen LogP contribution in [0.5, 0.6) is 0 Å². The van der Waals surface area contributed by atoms with Crippen molar-refractivity contribution in [3.05, 3.63) is 112 Å². The van der Waals surface area contributed by atoms with E-state index in [1.165, 1.54) is 11.3 Å². The molecule has 0 saturated carbocycles. The monoisotopic (exact) mass is 450 g/mol. The molecule has 2 N–H and O–H groups in total. The van der Waals surface area contributed by atoms with Crippen LogP contribution < -0.4 is 10.9 Å². The molecule has 3 aromatic carbocycles. The van der Waals surface area contributed by atoms with Gasteiger partial charge >= 0.3 is 0 Å². The molecule has 0 fully saturated rings. The average molecular weight is 451 g/mol. The van der Waals surface area contributed by atoms with Crippen molar-refractivity contribution in [3.8, 4) is 33.6 Å². The summed E-state index contributed by atoms with van der Waals surface area (Å²) < 4.78 is 0. The minimum Gasteiger partial charge on any atom is -0.298 e. The number of hydrogen-bond donors (Lipinski definition) is 2. The molecule has 2 aromatic heterocycles. The topological polar surface area (TPSA) is 87.7 Å². The Bertz CT molecular complexity index is 1460. The van der Waals surface area contributed by atoms with Crippen molar-refractivity contribution in [2.75, 3.05) is 5.32 Å². The van der Waals surface area contributed by atoms with E-state index in [1.807, 2.05) is 96.4 Å². The average Bonchev–Trinajstić information content (AvgIpc) is 3.34.